The topological polar surface area (TPSA) is 76.7 Å². The van der Waals surface area contributed by atoms with Crippen molar-refractivity contribution in [3.63, 3.8) is 0 Å². The molecule has 1 aromatic carbocycles. The van der Waals surface area contributed by atoms with E-state index in [0.717, 1.165) is 11.3 Å². The summed E-state index contributed by atoms with van der Waals surface area (Å²) in [5.41, 5.74) is 1.63. The molecular formula is C17H26N2O4. The lowest BCUT2D eigenvalue weighted by Gasteiger charge is -2.22. The number of hydrogen-bond acceptors (Lipinski definition) is 5. The van der Waals surface area contributed by atoms with Gasteiger partial charge in [-0.2, -0.15) is 0 Å². The summed E-state index contributed by atoms with van der Waals surface area (Å²) < 4.78 is 9.95. The summed E-state index contributed by atoms with van der Waals surface area (Å²) in [6.07, 6.45) is -0.453. The minimum Gasteiger partial charge on any atom is -0.465 e. The van der Waals surface area contributed by atoms with E-state index < -0.39 is 11.7 Å². The van der Waals surface area contributed by atoms with Gasteiger partial charge in [-0.1, -0.05) is 6.07 Å². The molecule has 128 valence electrons. The van der Waals surface area contributed by atoms with E-state index in [4.69, 9.17) is 9.47 Å². The van der Waals surface area contributed by atoms with Crippen LogP contribution in [-0.2, 0) is 9.47 Å². The molecule has 1 amide bonds. The maximum Gasteiger partial charge on any atom is 0.407 e. The van der Waals surface area contributed by atoms with Crippen molar-refractivity contribution in [1.29, 1.82) is 0 Å². The number of carbonyl (C=O) groups is 2. The van der Waals surface area contributed by atoms with Gasteiger partial charge < -0.3 is 20.1 Å². The summed E-state index contributed by atoms with van der Waals surface area (Å²) in [5, 5.41) is 5.98. The molecule has 0 aliphatic heterocycles. The third-order valence-electron chi connectivity index (χ3n) is 3.09. The number of rotatable bonds is 5. The zero-order valence-corrected chi connectivity index (χ0v) is 14.6. The largest absolute Gasteiger partial charge is 0.465 e. The van der Waals surface area contributed by atoms with Crippen LogP contribution in [0.4, 0.5) is 10.5 Å². The van der Waals surface area contributed by atoms with E-state index in [9.17, 15) is 9.59 Å². The molecule has 6 heteroatoms. The van der Waals surface area contributed by atoms with Crippen LogP contribution in [0.1, 0.15) is 43.6 Å². The highest BCUT2D eigenvalue weighted by Crippen LogP contribution is 2.20. The van der Waals surface area contributed by atoms with Gasteiger partial charge in [0.1, 0.15) is 5.60 Å². The molecule has 0 spiro atoms. The Morgan fingerprint density at radius 3 is 2.48 bits per heavy atom. The monoisotopic (exact) mass is 322 g/mol. The van der Waals surface area contributed by atoms with Crippen LogP contribution in [0.25, 0.3) is 0 Å². The third kappa shape index (κ3) is 6.18. The van der Waals surface area contributed by atoms with E-state index in [1.807, 2.05) is 40.7 Å². The van der Waals surface area contributed by atoms with Gasteiger partial charge in [0.25, 0.3) is 0 Å². The van der Waals surface area contributed by atoms with E-state index >= 15 is 0 Å². The van der Waals surface area contributed by atoms with Gasteiger partial charge in [0.2, 0.25) is 0 Å². The molecule has 0 saturated carbocycles. The van der Waals surface area contributed by atoms with Gasteiger partial charge in [0, 0.05) is 18.3 Å². The van der Waals surface area contributed by atoms with Crippen LogP contribution in [0.15, 0.2) is 18.2 Å². The molecule has 1 atom stereocenters. The van der Waals surface area contributed by atoms with Crippen LogP contribution < -0.4 is 10.6 Å². The van der Waals surface area contributed by atoms with Crippen molar-refractivity contribution in [3.8, 4) is 0 Å². The molecule has 6 nitrogen and oxygen atoms in total. The molecule has 0 aliphatic rings. The fraction of sp³-hybridized carbons (Fsp3) is 0.529. The van der Waals surface area contributed by atoms with Gasteiger partial charge in [-0.3, -0.25) is 0 Å². The minimum absolute atomic E-state index is 0.0332. The van der Waals surface area contributed by atoms with Crippen LogP contribution in [0, 0.1) is 6.92 Å². The number of anilines is 1. The van der Waals surface area contributed by atoms with Gasteiger partial charge in [-0.25, -0.2) is 9.59 Å². The Hall–Kier alpha value is -2.24. The quantitative estimate of drug-likeness (QED) is 0.815. The molecule has 1 rings (SSSR count). The van der Waals surface area contributed by atoms with Gasteiger partial charge in [-0.05, 0) is 52.3 Å². The second-order valence-corrected chi connectivity index (χ2v) is 6.40. The number of alkyl carbamates (subject to hydrolysis) is 1. The van der Waals surface area contributed by atoms with Crippen molar-refractivity contribution in [2.24, 2.45) is 0 Å². The second kappa shape index (κ2) is 7.85. The minimum atomic E-state index is -0.522. The predicted molar refractivity (Wildman–Crippen MR) is 89.8 cm³/mol. The van der Waals surface area contributed by atoms with Gasteiger partial charge in [0.15, 0.2) is 0 Å². The number of nitrogens with one attached hydrogen (secondary N) is 2. The fourth-order valence-electron chi connectivity index (χ4n) is 1.99. The van der Waals surface area contributed by atoms with Crippen molar-refractivity contribution >= 4 is 17.7 Å². The average Bonchev–Trinajstić information content (AvgIpc) is 2.45. The fourth-order valence-corrected chi connectivity index (χ4v) is 1.99. The zero-order valence-electron chi connectivity index (χ0n) is 14.6. The Morgan fingerprint density at radius 2 is 1.91 bits per heavy atom. The third-order valence-corrected chi connectivity index (χ3v) is 3.09. The van der Waals surface area contributed by atoms with Crippen molar-refractivity contribution < 1.29 is 19.1 Å². The molecule has 0 fully saturated rings. The summed E-state index contributed by atoms with van der Waals surface area (Å²) in [7, 11) is 1.36. The number of benzene rings is 1. The molecule has 0 radical (unpaired) electrons. The lowest BCUT2D eigenvalue weighted by molar-refractivity contribution is 0.0525. The van der Waals surface area contributed by atoms with E-state index in [0.29, 0.717) is 12.1 Å². The summed E-state index contributed by atoms with van der Waals surface area (Å²) in [5.74, 6) is -0.370. The van der Waals surface area contributed by atoms with Crippen molar-refractivity contribution in [2.45, 2.75) is 46.3 Å². The van der Waals surface area contributed by atoms with Crippen molar-refractivity contribution in [3.05, 3.63) is 29.3 Å². The van der Waals surface area contributed by atoms with Gasteiger partial charge >= 0.3 is 12.1 Å². The normalized spacial score (nSPS) is 12.3. The molecule has 0 saturated heterocycles. The highest BCUT2D eigenvalue weighted by Gasteiger charge is 2.17. The number of amides is 1. The van der Waals surface area contributed by atoms with E-state index in [1.165, 1.54) is 7.11 Å². The first-order valence-electron chi connectivity index (χ1n) is 7.55. The highest BCUT2D eigenvalue weighted by molar-refractivity contribution is 5.92. The number of ether oxygens (including phenoxy) is 2. The molecule has 2 N–H and O–H groups in total. The number of methoxy groups -OCH3 is 1. The van der Waals surface area contributed by atoms with E-state index in [-0.39, 0.29) is 12.0 Å². The first kappa shape index (κ1) is 18.8. The van der Waals surface area contributed by atoms with Crippen molar-refractivity contribution in [2.75, 3.05) is 19.0 Å². The van der Waals surface area contributed by atoms with Crippen molar-refractivity contribution in [1.82, 2.24) is 5.32 Å². The highest BCUT2D eigenvalue weighted by atomic mass is 16.6. The number of hydrogen-bond donors (Lipinski definition) is 2. The van der Waals surface area contributed by atoms with Crippen LogP contribution in [0.3, 0.4) is 0 Å². The lowest BCUT2D eigenvalue weighted by Crippen LogP contribution is -2.38. The Labute approximate surface area is 137 Å². The standard InChI is InChI=1S/C17H26N2O4/c1-11(10-18-16(21)23-17(3,4)5)19-14-9-7-8-13(12(14)2)15(20)22-6/h7-9,11,19H,10H2,1-6H3,(H,18,21). The maximum absolute atomic E-state index is 11.7. The number of carbonyl (C=O) groups excluding carboxylic acids is 2. The molecule has 1 aromatic rings. The molecule has 0 heterocycles. The molecule has 23 heavy (non-hydrogen) atoms. The summed E-state index contributed by atoms with van der Waals surface area (Å²) in [4.78, 5) is 23.3. The molecule has 0 aliphatic carbocycles. The predicted octanol–water partition coefficient (Wildman–Crippen LogP) is 3.11. The lowest BCUT2D eigenvalue weighted by atomic mass is 10.1. The summed E-state index contributed by atoms with van der Waals surface area (Å²) in [6, 6.07) is 5.35. The molecule has 1 unspecified atom stereocenters. The number of esters is 1. The Bertz CT molecular complexity index is 564. The molecule has 0 aromatic heterocycles. The van der Waals surface area contributed by atoms with E-state index in [2.05, 4.69) is 10.6 Å². The Kier molecular flexibility index (Phi) is 6.42. The first-order chi connectivity index (χ1) is 10.6. The van der Waals surface area contributed by atoms with E-state index in [1.54, 1.807) is 12.1 Å². The average molecular weight is 322 g/mol. The first-order valence-corrected chi connectivity index (χ1v) is 7.55. The Morgan fingerprint density at radius 1 is 1.26 bits per heavy atom. The SMILES string of the molecule is COC(=O)c1cccc(NC(C)CNC(=O)OC(C)(C)C)c1C. The molecule has 0 bridgehead atoms. The van der Waals surface area contributed by atoms with Gasteiger partial charge in [0.05, 0.1) is 12.7 Å². The van der Waals surface area contributed by atoms with Crippen LogP contribution in [0.2, 0.25) is 0 Å². The van der Waals surface area contributed by atoms with Crippen LogP contribution >= 0.6 is 0 Å². The summed E-state index contributed by atoms with van der Waals surface area (Å²) >= 11 is 0. The van der Waals surface area contributed by atoms with Crippen LogP contribution in [-0.4, -0.2) is 37.4 Å². The maximum atomic E-state index is 11.7. The zero-order chi connectivity index (χ0) is 17.6. The smallest absolute Gasteiger partial charge is 0.407 e. The van der Waals surface area contributed by atoms with Crippen LogP contribution in [0.5, 0.6) is 0 Å². The second-order valence-electron chi connectivity index (χ2n) is 6.40. The Balaban J connectivity index is 2.63. The van der Waals surface area contributed by atoms with Gasteiger partial charge in [-0.15, -0.1) is 0 Å². The summed E-state index contributed by atoms with van der Waals surface area (Å²) in [6.45, 7) is 9.63. The molecular weight excluding hydrogens is 296 g/mol.